The summed E-state index contributed by atoms with van der Waals surface area (Å²) >= 11 is 1.63. The number of hydrogen-bond acceptors (Lipinski definition) is 5. The Hall–Kier alpha value is -1.13. The summed E-state index contributed by atoms with van der Waals surface area (Å²) in [5.41, 5.74) is 0.882. The number of oxazole rings is 1. The van der Waals surface area contributed by atoms with Crippen molar-refractivity contribution in [1.29, 1.82) is 0 Å². The van der Waals surface area contributed by atoms with Crippen LogP contribution in [0.15, 0.2) is 33.2 Å². The van der Waals surface area contributed by atoms with Gasteiger partial charge in [0.1, 0.15) is 6.26 Å². The van der Waals surface area contributed by atoms with Gasteiger partial charge in [-0.3, -0.25) is 9.89 Å². The zero-order valence-electron chi connectivity index (χ0n) is 14.3. The minimum atomic E-state index is 0. The van der Waals surface area contributed by atoms with E-state index in [1.54, 1.807) is 17.6 Å². The molecular formula is C17H24IN5OS. The van der Waals surface area contributed by atoms with Crippen molar-refractivity contribution >= 4 is 41.3 Å². The van der Waals surface area contributed by atoms with Crippen molar-refractivity contribution < 1.29 is 4.42 Å². The summed E-state index contributed by atoms with van der Waals surface area (Å²) in [4.78, 5) is 12.5. The Bertz CT molecular complexity index is 698. The molecule has 0 aromatic carbocycles. The van der Waals surface area contributed by atoms with Gasteiger partial charge in [-0.25, -0.2) is 4.98 Å². The fraction of sp³-hybridized carbons (Fsp3) is 0.529. The number of thiophene rings is 1. The zero-order chi connectivity index (χ0) is 16.4. The SMILES string of the molecule is CN=C(NCc1coc(-c2cccs2)n1)NC1CCN(C2CC2)C1.I. The van der Waals surface area contributed by atoms with Crippen molar-refractivity contribution in [2.45, 2.75) is 37.9 Å². The van der Waals surface area contributed by atoms with Crippen LogP contribution in [0.4, 0.5) is 0 Å². The van der Waals surface area contributed by atoms with Crippen molar-refractivity contribution in [2.24, 2.45) is 4.99 Å². The van der Waals surface area contributed by atoms with Gasteiger partial charge >= 0.3 is 0 Å². The van der Waals surface area contributed by atoms with Gasteiger partial charge < -0.3 is 15.1 Å². The highest BCUT2D eigenvalue weighted by Gasteiger charge is 2.34. The number of guanidine groups is 1. The van der Waals surface area contributed by atoms with Gasteiger partial charge in [-0.05, 0) is 30.7 Å². The molecule has 4 rings (SSSR count). The van der Waals surface area contributed by atoms with Crippen LogP contribution in [0.25, 0.3) is 10.8 Å². The van der Waals surface area contributed by atoms with Gasteiger partial charge in [-0.2, -0.15) is 0 Å². The maximum absolute atomic E-state index is 5.55. The summed E-state index contributed by atoms with van der Waals surface area (Å²) in [6.07, 6.45) is 5.64. The van der Waals surface area contributed by atoms with Crippen LogP contribution in [-0.2, 0) is 6.54 Å². The molecule has 2 fully saturated rings. The monoisotopic (exact) mass is 473 g/mol. The minimum Gasteiger partial charge on any atom is -0.443 e. The quantitative estimate of drug-likeness (QED) is 0.397. The van der Waals surface area contributed by atoms with Gasteiger partial charge in [0, 0.05) is 32.2 Å². The molecule has 6 nitrogen and oxygen atoms in total. The largest absolute Gasteiger partial charge is 0.443 e. The first-order valence-electron chi connectivity index (χ1n) is 8.51. The molecule has 0 radical (unpaired) electrons. The van der Waals surface area contributed by atoms with E-state index in [-0.39, 0.29) is 24.0 Å². The first kappa shape index (κ1) is 18.7. The van der Waals surface area contributed by atoms with Gasteiger partial charge in [0.15, 0.2) is 5.96 Å². The van der Waals surface area contributed by atoms with Gasteiger partial charge in [-0.1, -0.05) is 6.07 Å². The third-order valence-electron chi connectivity index (χ3n) is 4.57. The number of rotatable bonds is 5. The standard InChI is InChI=1S/C17H23N5OS.HI/c1-18-17(21-12-6-7-22(10-12)14-4-5-14)19-9-13-11-23-16(20-13)15-3-2-8-24-15;/h2-3,8,11-12,14H,4-7,9-10H2,1H3,(H2,18,19,21);1H. The fourth-order valence-corrected chi connectivity index (χ4v) is 3.80. The molecule has 136 valence electrons. The molecule has 2 aliphatic rings. The van der Waals surface area contributed by atoms with E-state index in [0.717, 1.165) is 29.1 Å². The third kappa shape index (κ3) is 4.73. The molecular weight excluding hydrogens is 449 g/mol. The van der Waals surface area contributed by atoms with E-state index in [2.05, 4.69) is 25.5 Å². The average molecular weight is 473 g/mol. The number of hydrogen-bond donors (Lipinski definition) is 2. The molecule has 1 unspecified atom stereocenters. The highest BCUT2D eigenvalue weighted by Crippen LogP contribution is 2.29. The predicted molar refractivity (Wildman–Crippen MR) is 112 cm³/mol. The maximum Gasteiger partial charge on any atom is 0.236 e. The summed E-state index contributed by atoms with van der Waals surface area (Å²) in [6.45, 7) is 2.93. The number of likely N-dealkylation sites (tertiary alicyclic amines) is 1. The fourth-order valence-electron chi connectivity index (χ4n) is 3.14. The second kappa shape index (κ2) is 8.50. The van der Waals surface area contributed by atoms with Gasteiger partial charge in [-0.15, -0.1) is 35.3 Å². The second-order valence-corrected chi connectivity index (χ2v) is 7.35. The summed E-state index contributed by atoms with van der Waals surface area (Å²) in [7, 11) is 1.81. The number of aromatic nitrogens is 1. The molecule has 1 saturated carbocycles. The van der Waals surface area contributed by atoms with Crippen molar-refractivity contribution in [3.05, 3.63) is 29.5 Å². The van der Waals surface area contributed by atoms with E-state index in [4.69, 9.17) is 4.42 Å². The average Bonchev–Trinajstić information content (AvgIpc) is 3.02. The van der Waals surface area contributed by atoms with Crippen molar-refractivity contribution in [1.82, 2.24) is 20.5 Å². The van der Waals surface area contributed by atoms with Crippen molar-refractivity contribution in [2.75, 3.05) is 20.1 Å². The molecule has 1 atom stereocenters. The van der Waals surface area contributed by atoms with E-state index < -0.39 is 0 Å². The lowest BCUT2D eigenvalue weighted by Gasteiger charge is -2.18. The van der Waals surface area contributed by atoms with E-state index in [9.17, 15) is 0 Å². The molecule has 8 heteroatoms. The molecule has 2 N–H and O–H groups in total. The Morgan fingerprint density at radius 3 is 3.04 bits per heavy atom. The number of halogens is 1. The highest BCUT2D eigenvalue weighted by molar-refractivity contribution is 14.0. The molecule has 1 saturated heterocycles. The molecule has 2 aromatic rings. The zero-order valence-corrected chi connectivity index (χ0v) is 17.4. The Morgan fingerprint density at radius 2 is 2.32 bits per heavy atom. The van der Waals surface area contributed by atoms with Crippen LogP contribution in [0.5, 0.6) is 0 Å². The van der Waals surface area contributed by atoms with E-state index in [1.165, 1.54) is 25.8 Å². The lowest BCUT2D eigenvalue weighted by molar-refractivity contribution is 0.321. The van der Waals surface area contributed by atoms with Crippen LogP contribution in [-0.4, -0.2) is 48.1 Å². The van der Waals surface area contributed by atoms with Crippen LogP contribution in [0.3, 0.4) is 0 Å². The normalized spacial score (nSPS) is 21.2. The molecule has 2 aromatic heterocycles. The van der Waals surface area contributed by atoms with Crippen LogP contribution in [0.1, 0.15) is 25.0 Å². The van der Waals surface area contributed by atoms with Gasteiger partial charge in [0.2, 0.25) is 5.89 Å². The molecule has 1 aliphatic heterocycles. The Morgan fingerprint density at radius 1 is 1.44 bits per heavy atom. The molecule has 0 bridgehead atoms. The minimum absolute atomic E-state index is 0. The summed E-state index contributed by atoms with van der Waals surface area (Å²) in [5, 5.41) is 8.88. The number of nitrogens with one attached hydrogen (secondary N) is 2. The third-order valence-corrected chi connectivity index (χ3v) is 5.43. The van der Waals surface area contributed by atoms with Gasteiger partial charge in [0.25, 0.3) is 0 Å². The predicted octanol–water partition coefficient (Wildman–Crippen LogP) is 2.92. The van der Waals surface area contributed by atoms with Gasteiger partial charge in [0.05, 0.1) is 17.1 Å². The Kier molecular flexibility index (Phi) is 6.34. The Labute approximate surface area is 169 Å². The van der Waals surface area contributed by atoms with E-state index in [1.807, 2.05) is 24.6 Å². The van der Waals surface area contributed by atoms with Crippen molar-refractivity contribution in [3.63, 3.8) is 0 Å². The Balaban J connectivity index is 0.00000182. The first-order valence-corrected chi connectivity index (χ1v) is 9.39. The lowest BCUT2D eigenvalue weighted by Crippen LogP contribution is -2.44. The molecule has 0 spiro atoms. The smallest absolute Gasteiger partial charge is 0.236 e. The number of nitrogens with zero attached hydrogens (tertiary/aromatic N) is 3. The molecule has 0 amide bonds. The number of aliphatic imine (C=N–C) groups is 1. The van der Waals surface area contributed by atoms with Crippen LogP contribution < -0.4 is 10.6 Å². The van der Waals surface area contributed by atoms with Crippen LogP contribution in [0, 0.1) is 0 Å². The van der Waals surface area contributed by atoms with E-state index in [0.29, 0.717) is 18.5 Å². The summed E-state index contributed by atoms with van der Waals surface area (Å²) in [6, 6.07) is 5.34. The lowest BCUT2D eigenvalue weighted by atomic mass is 10.3. The maximum atomic E-state index is 5.55. The molecule has 3 heterocycles. The van der Waals surface area contributed by atoms with Crippen LogP contribution >= 0.6 is 35.3 Å². The summed E-state index contributed by atoms with van der Waals surface area (Å²) < 4.78 is 5.55. The molecule has 1 aliphatic carbocycles. The molecule has 25 heavy (non-hydrogen) atoms. The topological polar surface area (TPSA) is 65.7 Å². The van der Waals surface area contributed by atoms with Crippen LogP contribution in [0.2, 0.25) is 0 Å². The first-order chi connectivity index (χ1) is 11.8. The highest BCUT2D eigenvalue weighted by atomic mass is 127. The summed E-state index contributed by atoms with van der Waals surface area (Å²) in [5.74, 6) is 1.51. The second-order valence-electron chi connectivity index (χ2n) is 6.40. The van der Waals surface area contributed by atoms with Crippen molar-refractivity contribution in [3.8, 4) is 10.8 Å². The van der Waals surface area contributed by atoms with E-state index >= 15 is 0 Å².